The van der Waals surface area contributed by atoms with Crippen molar-refractivity contribution in [2.75, 3.05) is 72.9 Å². The number of ether oxygens (including phenoxy) is 3. The molecular weight excluding hydrogens is 945 g/mol. The van der Waals surface area contributed by atoms with Gasteiger partial charge >= 0.3 is 6.17 Å². The Hall–Kier alpha value is -5.65. The second kappa shape index (κ2) is 20.6. The van der Waals surface area contributed by atoms with Crippen LogP contribution < -0.4 is 10.7 Å². The number of carbonyl (C=O) groups excluding carboxylic acids is 2. The van der Waals surface area contributed by atoms with E-state index >= 15 is 4.79 Å². The molecule has 2 amide bonds. The fourth-order valence-electron chi connectivity index (χ4n) is 11.8. The molecule has 0 unspecified atom stereocenters. The highest BCUT2D eigenvalue weighted by atomic mass is 32.1. The van der Waals surface area contributed by atoms with Crippen LogP contribution in [0, 0.1) is 39.9 Å². The van der Waals surface area contributed by atoms with E-state index in [0.717, 1.165) is 69.0 Å². The molecular formula is C55H67N10O7S+. The van der Waals surface area contributed by atoms with E-state index in [-0.39, 0.29) is 54.2 Å². The number of thiazole rings is 1. The molecule has 18 heteroatoms. The average Bonchev–Trinajstić information content (AvgIpc) is 3.68. The van der Waals surface area contributed by atoms with Gasteiger partial charge in [-0.15, -0.1) is 11.3 Å². The van der Waals surface area contributed by atoms with Gasteiger partial charge in [-0.05, 0) is 74.9 Å². The summed E-state index contributed by atoms with van der Waals surface area (Å²) in [7, 11) is 1.71. The van der Waals surface area contributed by atoms with E-state index in [1.54, 1.807) is 18.3 Å². The SMILES string of the molecule is CCn1c(-c2cc(C#CCN3CCOCC3)cnc2[C@H](C)OC)c2c3cc(ccc31)-c1csc(n1)[C@@H](N1CCOCC1)[C@H](NC(=O)[C@@H]1[C@@H](C)[C@H]1c1ccccn1)C(=O)N1N[C@@H](C3CC1C3)[N+](=O)OCC(C)(C)C2. The topological polar surface area (TPSA) is 169 Å². The van der Waals surface area contributed by atoms with Crippen LogP contribution in [0.4, 0.5) is 0 Å². The molecule has 2 aliphatic carbocycles. The Labute approximate surface area is 430 Å². The lowest BCUT2D eigenvalue weighted by atomic mass is 9.75. The number of methoxy groups -OCH3 is 1. The third-order valence-electron chi connectivity index (χ3n) is 16.1. The molecule has 17 nitrogen and oxygen atoms in total. The van der Waals surface area contributed by atoms with Crippen LogP contribution in [0.1, 0.15) is 93.0 Å². The van der Waals surface area contributed by atoms with Gasteiger partial charge in [0.05, 0.1) is 73.0 Å². The predicted molar refractivity (Wildman–Crippen MR) is 276 cm³/mol. The number of nitrogens with zero attached hydrogens (tertiary/aromatic N) is 8. The van der Waals surface area contributed by atoms with Crippen molar-refractivity contribution in [2.45, 2.75) is 96.7 Å². The van der Waals surface area contributed by atoms with Gasteiger partial charge in [-0.3, -0.25) is 34.4 Å². The van der Waals surface area contributed by atoms with Crippen molar-refractivity contribution >= 4 is 34.1 Å². The van der Waals surface area contributed by atoms with Gasteiger partial charge < -0.3 is 24.1 Å². The minimum atomic E-state index is -1.04. The number of aromatic nitrogens is 4. The van der Waals surface area contributed by atoms with Crippen molar-refractivity contribution in [1.82, 2.24) is 45.1 Å². The lowest BCUT2D eigenvalue weighted by molar-refractivity contribution is -0.841. The van der Waals surface area contributed by atoms with E-state index in [4.69, 9.17) is 29.0 Å². The lowest BCUT2D eigenvalue weighted by Gasteiger charge is -2.50. The van der Waals surface area contributed by atoms with E-state index in [0.29, 0.717) is 81.8 Å². The van der Waals surface area contributed by atoms with Crippen LogP contribution in [-0.2, 0) is 41.6 Å². The van der Waals surface area contributed by atoms with E-state index in [2.05, 4.69) is 99.3 Å². The second-order valence-electron chi connectivity index (χ2n) is 21.4. The molecule has 2 saturated carbocycles. The van der Waals surface area contributed by atoms with E-state index in [1.807, 2.05) is 31.3 Å². The molecule has 2 N–H and O–H groups in total. The largest absolute Gasteiger partial charge is 0.379 e. The highest BCUT2D eigenvalue weighted by Gasteiger charge is 2.58. The lowest BCUT2D eigenvalue weighted by Crippen LogP contribution is -2.72. The zero-order chi connectivity index (χ0) is 50.5. The van der Waals surface area contributed by atoms with Crippen molar-refractivity contribution in [2.24, 2.45) is 23.2 Å². The van der Waals surface area contributed by atoms with Gasteiger partial charge in [-0.2, -0.15) is 5.43 Å². The fourth-order valence-corrected chi connectivity index (χ4v) is 12.8. The molecule has 9 heterocycles. The molecule has 6 fully saturated rings. The van der Waals surface area contributed by atoms with Gasteiger partial charge in [0.2, 0.25) is 10.8 Å². The first-order valence-electron chi connectivity index (χ1n) is 26.1. The number of pyridine rings is 2. The van der Waals surface area contributed by atoms with Gasteiger partial charge in [0.15, 0.2) is 6.61 Å². The van der Waals surface area contributed by atoms with Crippen molar-refractivity contribution < 1.29 is 33.6 Å². The van der Waals surface area contributed by atoms with Gasteiger partial charge in [0, 0.05) is 114 Å². The van der Waals surface area contributed by atoms with Gasteiger partial charge in [-0.25, -0.2) is 9.82 Å². The van der Waals surface area contributed by atoms with Gasteiger partial charge in [0.25, 0.3) is 5.91 Å². The van der Waals surface area contributed by atoms with Crippen LogP contribution in [0.2, 0.25) is 0 Å². The molecule has 7 atom stereocenters. The van der Waals surface area contributed by atoms with E-state index in [1.165, 1.54) is 11.3 Å². The molecule has 5 aliphatic heterocycles. The fraction of sp³-hybridized carbons (Fsp3) is 0.545. The molecule has 12 rings (SSSR count). The number of carbonyl (C=O) groups is 2. The maximum absolute atomic E-state index is 15.5. The first-order valence-corrected chi connectivity index (χ1v) is 26.9. The average molecular weight is 1010 g/mol. The summed E-state index contributed by atoms with van der Waals surface area (Å²) >= 11 is 1.49. The Kier molecular flexibility index (Phi) is 14.0. The Balaban J connectivity index is 1.04. The molecule has 5 aromatic rings. The standard InChI is InChI=1S/C55H66N10O7S/c1-7-63-44-14-13-36-28-39(44)41(49(63)40-25-35(30-57-47(40)34(3)69-6)11-10-16-61-17-21-70-22-18-61)29-55(4,5)32-72-65(68)51-37-26-38(27-37)64(60-51)54(67)48(50(53-58-43(36)31-73-53)62-19-23-71-24-20-62)59-52(66)46-33(2)45(46)42-12-8-9-15-56-42/h8-9,12-15,25,28,30-31,33-34,37-38,45-46,48,50-51,60H,7,16-24,26-27,29,32H2,1-6H3/p+1/t33-,34-,37?,38?,45-,46+,48-,50-,51+/m0/s1. The van der Waals surface area contributed by atoms with E-state index in [9.17, 15) is 9.70 Å². The van der Waals surface area contributed by atoms with Crippen molar-refractivity contribution in [1.29, 1.82) is 0 Å². The quantitative estimate of drug-likeness (QED) is 0.159. The smallest absolute Gasteiger partial charge is 0.329 e. The second-order valence-corrected chi connectivity index (χ2v) is 22.3. The van der Waals surface area contributed by atoms with Crippen LogP contribution >= 0.6 is 11.3 Å². The number of aryl methyl sites for hydroxylation is 1. The van der Waals surface area contributed by atoms with Crippen molar-refractivity contribution in [3.05, 3.63) is 92.7 Å². The summed E-state index contributed by atoms with van der Waals surface area (Å²) in [6, 6.07) is 12.6. The summed E-state index contributed by atoms with van der Waals surface area (Å²) in [5.41, 5.74) is 11.0. The summed E-state index contributed by atoms with van der Waals surface area (Å²) in [6.07, 6.45) is 4.28. The van der Waals surface area contributed by atoms with Crippen LogP contribution in [0.5, 0.6) is 0 Å². The molecule has 0 radical (unpaired) electrons. The molecule has 8 bridgehead atoms. The first-order chi connectivity index (χ1) is 35.4. The first kappa shape index (κ1) is 49.6. The number of rotatable bonds is 9. The zero-order valence-electron chi connectivity index (χ0n) is 42.7. The number of hydrogen-bond acceptors (Lipinski definition) is 14. The van der Waals surface area contributed by atoms with Crippen molar-refractivity contribution in [3.8, 4) is 34.4 Å². The summed E-state index contributed by atoms with van der Waals surface area (Å²) in [5.74, 6) is 5.90. The van der Waals surface area contributed by atoms with Crippen LogP contribution in [0.15, 0.2) is 60.2 Å². The van der Waals surface area contributed by atoms with Crippen LogP contribution in [0.25, 0.3) is 33.4 Å². The summed E-state index contributed by atoms with van der Waals surface area (Å²) in [6.45, 7) is 17.1. The number of morpholine rings is 2. The normalized spacial score (nSPS) is 27.8. The van der Waals surface area contributed by atoms with Crippen molar-refractivity contribution in [3.63, 3.8) is 0 Å². The van der Waals surface area contributed by atoms with Crippen LogP contribution in [0.3, 0.4) is 0 Å². The summed E-state index contributed by atoms with van der Waals surface area (Å²) in [4.78, 5) is 71.1. The van der Waals surface area contributed by atoms with Gasteiger partial charge in [-0.1, -0.05) is 44.7 Å². The maximum Gasteiger partial charge on any atom is 0.329 e. The third kappa shape index (κ3) is 9.69. The minimum Gasteiger partial charge on any atom is -0.379 e. The molecule has 4 saturated heterocycles. The van der Waals surface area contributed by atoms with E-state index < -0.39 is 23.7 Å². The number of hydrazine groups is 1. The highest BCUT2D eigenvalue weighted by Crippen LogP contribution is 2.53. The molecule has 1 aromatic carbocycles. The zero-order valence-corrected chi connectivity index (χ0v) is 43.5. The number of benzene rings is 1. The Bertz CT molecular complexity index is 2930. The molecule has 384 valence electrons. The van der Waals surface area contributed by atoms with Gasteiger partial charge in [0.1, 0.15) is 11.0 Å². The monoisotopic (exact) mass is 1010 g/mol. The predicted octanol–water partition coefficient (Wildman–Crippen LogP) is 6.28. The molecule has 73 heavy (non-hydrogen) atoms. The Morgan fingerprint density at radius 1 is 1.07 bits per heavy atom. The number of fused-ring (bicyclic) bond motifs is 4. The Morgan fingerprint density at radius 2 is 1.85 bits per heavy atom. The Morgan fingerprint density at radius 3 is 2.59 bits per heavy atom. The summed E-state index contributed by atoms with van der Waals surface area (Å²) in [5, 5.41) is 8.76. The van der Waals surface area contributed by atoms with Crippen LogP contribution in [-0.4, -0.2) is 142 Å². The maximum atomic E-state index is 15.5. The number of amides is 2. The minimum absolute atomic E-state index is 0.0261. The summed E-state index contributed by atoms with van der Waals surface area (Å²) < 4.78 is 19.8. The number of nitrogens with one attached hydrogen (secondary N) is 2. The molecule has 7 aliphatic rings. The molecule has 4 aromatic heterocycles. The highest BCUT2D eigenvalue weighted by molar-refractivity contribution is 7.10. The third-order valence-corrected chi connectivity index (χ3v) is 17.0. The number of hydrogen-bond donors (Lipinski definition) is 2. The molecule has 0 spiro atoms.